The number of carbonyl (C=O) groups is 2. The molecule has 4 aromatic carbocycles. The Morgan fingerprint density at radius 3 is 1.73 bits per heavy atom. The van der Waals surface area contributed by atoms with Gasteiger partial charge in [-0.1, -0.05) is 11.3 Å². The topological polar surface area (TPSA) is 110 Å². The number of nitrogens with one attached hydrogen (secondary N) is 1. The summed E-state index contributed by atoms with van der Waals surface area (Å²) in [5, 5.41) is 13.8. The van der Waals surface area contributed by atoms with E-state index in [0.717, 1.165) is 29.0 Å². The first-order valence-corrected chi connectivity index (χ1v) is 12.3. The molecule has 5 rings (SSSR count). The van der Waals surface area contributed by atoms with Crippen molar-refractivity contribution < 1.29 is 46.5 Å². The third kappa shape index (κ3) is 5.61. The molecular formula is C28H15F4N2O6S-. The fourth-order valence-electron chi connectivity index (χ4n) is 3.59. The number of amides is 1. The SMILES string of the molecule is COc1ccc2nc(NC(=O)c3ccc(Oc4c(F)c(F)c(Oc5ccc(C(=O)[O-])cc5)c(F)c4F)cc3)sc2c1. The second-order valence-corrected chi connectivity index (χ2v) is 9.29. The number of carboxylic acids is 1. The summed E-state index contributed by atoms with van der Waals surface area (Å²) >= 11 is 1.23. The minimum atomic E-state index is -1.88. The highest BCUT2D eigenvalue weighted by Gasteiger charge is 2.29. The lowest BCUT2D eigenvalue weighted by Gasteiger charge is -2.14. The number of thiazole rings is 1. The van der Waals surface area contributed by atoms with Crippen LogP contribution in [0.5, 0.6) is 28.7 Å². The van der Waals surface area contributed by atoms with Crippen molar-refractivity contribution in [3.63, 3.8) is 0 Å². The Morgan fingerprint density at radius 1 is 0.756 bits per heavy atom. The number of aromatic carboxylic acids is 1. The molecule has 0 saturated heterocycles. The maximum absolute atomic E-state index is 14.7. The Kier molecular flexibility index (Phi) is 7.44. The number of ether oxygens (including phenoxy) is 3. The van der Waals surface area contributed by atoms with Crippen LogP contribution in [0.1, 0.15) is 20.7 Å². The highest BCUT2D eigenvalue weighted by Crippen LogP contribution is 2.39. The highest BCUT2D eigenvalue weighted by atomic mass is 32.1. The first-order chi connectivity index (χ1) is 19.6. The molecule has 0 saturated carbocycles. The number of methoxy groups -OCH3 is 1. The van der Waals surface area contributed by atoms with E-state index >= 15 is 0 Å². The minimum absolute atomic E-state index is 0.140. The number of hydrogen-bond donors (Lipinski definition) is 1. The molecule has 0 aliphatic carbocycles. The van der Waals surface area contributed by atoms with Gasteiger partial charge in [0.15, 0.2) is 5.13 Å². The normalized spacial score (nSPS) is 10.9. The summed E-state index contributed by atoms with van der Waals surface area (Å²) in [7, 11) is 1.53. The molecule has 0 unspecified atom stereocenters. The molecular weight excluding hydrogens is 568 g/mol. The number of hydrogen-bond acceptors (Lipinski definition) is 8. The summed E-state index contributed by atoms with van der Waals surface area (Å²) in [6.07, 6.45) is 0. The number of rotatable bonds is 8. The zero-order chi connectivity index (χ0) is 29.3. The molecule has 1 heterocycles. The summed E-state index contributed by atoms with van der Waals surface area (Å²) in [6.45, 7) is 0. The van der Waals surface area contributed by atoms with E-state index in [0.29, 0.717) is 16.4 Å². The zero-order valence-electron chi connectivity index (χ0n) is 20.7. The number of anilines is 1. The summed E-state index contributed by atoms with van der Waals surface area (Å²) in [5.74, 6) is -12.2. The van der Waals surface area contributed by atoms with Crippen LogP contribution in [0.15, 0.2) is 66.7 Å². The minimum Gasteiger partial charge on any atom is -0.545 e. The Hall–Kier alpha value is -5.17. The number of fused-ring (bicyclic) bond motifs is 1. The molecule has 1 aromatic heterocycles. The molecule has 1 amide bonds. The molecule has 0 atom stereocenters. The van der Waals surface area contributed by atoms with E-state index in [1.54, 1.807) is 18.2 Å². The van der Waals surface area contributed by atoms with E-state index in [4.69, 9.17) is 14.2 Å². The van der Waals surface area contributed by atoms with Gasteiger partial charge in [0.1, 0.15) is 17.2 Å². The second-order valence-electron chi connectivity index (χ2n) is 8.26. The molecule has 8 nitrogen and oxygen atoms in total. The first-order valence-electron chi connectivity index (χ1n) is 11.5. The average Bonchev–Trinajstić information content (AvgIpc) is 3.38. The van der Waals surface area contributed by atoms with Crippen molar-refractivity contribution in [1.82, 2.24) is 4.98 Å². The molecule has 13 heteroatoms. The molecule has 1 N–H and O–H groups in total. The van der Waals surface area contributed by atoms with Crippen molar-refractivity contribution in [2.45, 2.75) is 0 Å². The van der Waals surface area contributed by atoms with Gasteiger partial charge in [0, 0.05) is 5.56 Å². The summed E-state index contributed by atoms with van der Waals surface area (Å²) in [4.78, 5) is 27.8. The lowest BCUT2D eigenvalue weighted by atomic mass is 10.2. The molecule has 5 aromatic rings. The molecule has 0 radical (unpaired) electrons. The van der Waals surface area contributed by atoms with Gasteiger partial charge in [0.25, 0.3) is 5.91 Å². The third-order valence-electron chi connectivity index (χ3n) is 5.65. The van der Waals surface area contributed by atoms with Gasteiger partial charge in [-0.2, -0.15) is 17.6 Å². The standard InChI is InChI=1S/C28H16F4N2O6S/c1-38-17-10-11-18-19(12-17)41-28(33-18)34-26(35)13-2-6-15(7-3-13)39-24-20(29)22(31)25(23(32)21(24)30)40-16-8-4-14(5-9-16)27(36)37/h2-12H,1H3,(H,36,37)(H,33,34,35)/p-1. The van der Waals surface area contributed by atoms with Gasteiger partial charge < -0.3 is 24.1 Å². The molecule has 0 aliphatic heterocycles. The van der Waals surface area contributed by atoms with E-state index in [1.165, 1.54) is 42.7 Å². The average molecular weight is 583 g/mol. The van der Waals surface area contributed by atoms with Crippen molar-refractivity contribution in [2.75, 3.05) is 12.4 Å². The lowest BCUT2D eigenvalue weighted by Crippen LogP contribution is -2.21. The predicted octanol–water partition coefficient (Wildman–Crippen LogP) is 6.06. The molecule has 0 spiro atoms. The van der Waals surface area contributed by atoms with Crippen LogP contribution >= 0.6 is 11.3 Å². The van der Waals surface area contributed by atoms with Gasteiger partial charge in [-0.3, -0.25) is 10.1 Å². The summed E-state index contributed by atoms with van der Waals surface area (Å²) in [6, 6.07) is 14.2. The Labute approximate surface area is 232 Å². The Balaban J connectivity index is 1.31. The molecule has 0 fully saturated rings. The maximum atomic E-state index is 14.7. The lowest BCUT2D eigenvalue weighted by molar-refractivity contribution is -0.255. The summed E-state index contributed by atoms with van der Waals surface area (Å²) < 4.78 is 74.6. The number of aromatic nitrogens is 1. The third-order valence-corrected chi connectivity index (χ3v) is 6.58. The van der Waals surface area contributed by atoms with Gasteiger partial charge in [-0.25, -0.2) is 4.98 Å². The van der Waals surface area contributed by atoms with Crippen LogP contribution in [0, 0.1) is 23.3 Å². The second kappa shape index (κ2) is 11.1. The van der Waals surface area contributed by atoms with E-state index < -0.39 is 46.6 Å². The van der Waals surface area contributed by atoms with Crippen LogP contribution in [0.25, 0.3) is 10.2 Å². The van der Waals surface area contributed by atoms with Crippen LogP contribution in [-0.4, -0.2) is 24.0 Å². The fraction of sp³-hybridized carbons (Fsp3) is 0.0357. The maximum Gasteiger partial charge on any atom is 0.257 e. The number of nitrogens with zero attached hydrogens (tertiary/aromatic N) is 1. The number of carbonyl (C=O) groups excluding carboxylic acids is 2. The zero-order valence-corrected chi connectivity index (χ0v) is 21.5. The van der Waals surface area contributed by atoms with E-state index in [9.17, 15) is 32.3 Å². The van der Waals surface area contributed by atoms with Crippen molar-refractivity contribution >= 4 is 38.6 Å². The van der Waals surface area contributed by atoms with Gasteiger partial charge in [-0.05, 0) is 72.3 Å². The van der Waals surface area contributed by atoms with Crippen molar-refractivity contribution in [2.24, 2.45) is 0 Å². The van der Waals surface area contributed by atoms with Crippen molar-refractivity contribution in [1.29, 1.82) is 0 Å². The molecule has 41 heavy (non-hydrogen) atoms. The van der Waals surface area contributed by atoms with Crippen LogP contribution in [-0.2, 0) is 0 Å². The molecule has 208 valence electrons. The quantitative estimate of drug-likeness (QED) is 0.175. The van der Waals surface area contributed by atoms with Crippen molar-refractivity contribution in [3.8, 4) is 28.7 Å². The van der Waals surface area contributed by atoms with Crippen LogP contribution in [0.3, 0.4) is 0 Å². The van der Waals surface area contributed by atoms with Crippen molar-refractivity contribution in [3.05, 3.63) is 101 Å². The first kappa shape index (κ1) is 27.4. The largest absolute Gasteiger partial charge is 0.545 e. The molecule has 0 aliphatic rings. The fourth-order valence-corrected chi connectivity index (χ4v) is 4.48. The Bertz CT molecular complexity index is 1760. The van der Waals surface area contributed by atoms with Gasteiger partial charge in [0.05, 0.1) is 23.3 Å². The van der Waals surface area contributed by atoms with Crippen LogP contribution in [0.4, 0.5) is 22.7 Å². The van der Waals surface area contributed by atoms with Gasteiger partial charge in [-0.15, -0.1) is 0 Å². The van der Waals surface area contributed by atoms with E-state index in [-0.39, 0.29) is 22.6 Å². The number of carboxylic acid groups (broad SMARTS) is 1. The predicted molar refractivity (Wildman–Crippen MR) is 138 cm³/mol. The smallest absolute Gasteiger partial charge is 0.257 e. The Morgan fingerprint density at radius 2 is 1.24 bits per heavy atom. The monoisotopic (exact) mass is 583 g/mol. The molecule has 0 bridgehead atoms. The van der Waals surface area contributed by atoms with Gasteiger partial charge in [0.2, 0.25) is 34.8 Å². The van der Waals surface area contributed by atoms with E-state index in [2.05, 4.69) is 10.3 Å². The highest BCUT2D eigenvalue weighted by molar-refractivity contribution is 7.22. The van der Waals surface area contributed by atoms with E-state index in [1.807, 2.05) is 0 Å². The van der Waals surface area contributed by atoms with Crippen LogP contribution < -0.4 is 24.6 Å². The van der Waals surface area contributed by atoms with Gasteiger partial charge >= 0.3 is 0 Å². The number of halogens is 4. The summed E-state index contributed by atoms with van der Waals surface area (Å²) in [5.41, 5.74) is 0.546. The van der Waals surface area contributed by atoms with Crippen LogP contribution in [0.2, 0.25) is 0 Å². The number of benzene rings is 4.